The zero-order chi connectivity index (χ0) is 18.1. The molecule has 25 heavy (non-hydrogen) atoms. The average molecular weight is 342 g/mol. The highest BCUT2D eigenvalue weighted by Crippen LogP contribution is 2.29. The van der Waals surface area contributed by atoms with E-state index in [9.17, 15) is 14.4 Å². The van der Waals surface area contributed by atoms with Gasteiger partial charge in [-0.3, -0.25) is 14.4 Å². The van der Waals surface area contributed by atoms with Crippen LogP contribution in [0.1, 0.15) is 28.8 Å². The second kappa shape index (κ2) is 6.39. The number of amides is 2. The van der Waals surface area contributed by atoms with E-state index < -0.39 is 17.9 Å². The van der Waals surface area contributed by atoms with Crippen LogP contribution in [0.25, 0.3) is 11.3 Å². The lowest BCUT2D eigenvalue weighted by Crippen LogP contribution is -2.45. The molecule has 0 fully saturated rings. The number of carbonyl (C=O) groups is 3. The third kappa shape index (κ3) is 3.23. The summed E-state index contributed by atoms with van der Waals surface area (Å²) in [5.41, 5.74) is 8.32. The largest absolute Gasteiger partial charge is 0.481 e. The molecular formula is C17H18N4O4. The van der Waals surface area contributed by atoms with Gasteiger partial charge < -0.3 is 20.3 Å². The molecule has 0 spiro atoms. The van der Waals surface area contributed by atoms with Crippen LogP contribution in [0.4, 0.5) is 0 Å². The van der Waals surface area contributed by atoms with Crippen LogP contribution < -0.4 is 5.73 Å². The van der Waals surface area contributed by atoms with E-state index in [1.54, 1.807) is 18.5 Å². The van der Waals surface area contributed by atoms with Crippen molar-refractivity contribution in [3.63, 3.8) is 0 Å². The summed E-state index contributed by atoms with van der Waals surface area (Å²) < 4.78 is 1.83. The lowest BCUT2D eigenvalue weighted by Gasteiger charge is -2.24. The molecule has 0 saturated heterocycles. The Bertz CT molecular complexity index is 858. The molecule has 1 aromatic carbocycles. The molecule has 1 unspecified atom stereocenters. The highest BCUT2D eigenvalue weighted by atomic mass is 16.4. The molecule has 1 aliphatic heterocycles. The molecule has 8 nitrogen and oxygen atoms in total. The van der Waals surface area contributed by atoms with Crippen molar-refractivity contribution in [1.82, 2.24) is 14.5 Å². The number of nitrogens with two attached hydrogens (primary N) is 1. The van der Waals surface area contributed by atoms with Gasteiger partial charge in [0.15, 0.2) is 0 Å². The number of nitrogens with zero attached hydrogens (tertiary/aromatic N) is 3. The number of hydrogen-bond donors (Lipinski definition) is 2. The quantitative estimate of drug-likeness (QED) is 0.803. The van der Waals surface area contributed by atoms with E-state index in [-0.39, 0.29) is 25.3 Å². The highest BCUT2D eigenvalue weighted by molar-refractivity contribution is 6.01. The number of benzene rings is 1. The fraction of sp³-hybridized carbons (Fsp3) is 0.294. The summed E-state index contributed by atoms with van der Waals surface area (Å²) in [5, 5.41) is 8.83. The van der Waals surface area contributed by atoms with Crippen LogP contribution in [0.15, 0.2) is 30.7 Å². The van der Waals surface area contributed by atoms with E-state index in [1.165, 1.54) is 4.90 Å². The average Bonchev–Trinajstić information content (AvgIpc) is 3.11. The number of aromatic nitrogens is 2. The summed E-state index contributed by atoms with van der Waals surface area (Å²) in [6, 6.07) is 4.44. The summed E-state index contributed by atoms with van der Waals surface area (Å²) >= 11 is 0. The number of fused-ring (bicyclic) bond motifs is 1. The number of rotatable bonds is 6. The molecule has 3 rings (SSSR count). The maximum absolute atomic E-state index is 12.6. The molecule has 1 aliphatic rings. The Morgan fingerprint density at radius 1 is 1.40 bits per heavy atom. The Hall–Kier alpha value is -3.16. The van der Waals surface area contributed by atoms with Gasteiger partial charge in [-0.15, -0.1) is 0 Å². The van der Waals surface area contributed by atoms with Crippen LogP contribution >= 0.6 is 0 Å². The third-order valence-corrected chi connectivity index (χ3v) is 4.27. The molecule has 2 aromatic rings. The second-order valence-corrected chi connectivity index (χ2v) is 6.08. The molecule has 3 N–H and O–H groups in total. The Balaban J connectivity index is 1.86. The standard InChI is InChI=1S/C17H18N4O4/c1-20-8-13(19-9-20)10-2-3-12-11(6-10)7-21(17(12)25)14(16(18)24)4-5-15(22)23/h2-3,6,8-9,14H,4-5,7H2,1H3,(H2,18,24)(H,22,23). The Labute approximate surface area is 143 Å². The Morgan fingerprint density at radius 3 is 2.76 bits per heavy atom. The molecular weight excluding hydrogens is 324 g/mol. The SMILES string of the molecule is Cn1cnc(-c2ccc3c(c2)CN(C(CCC(=O)O)C(N)=O)C3=O)c1. The van der Waals surface area contributed by atoms with E-state index in [1.807, 2.05) is 23.9 Å². The molecule has 0 saturated carbocycles. The van der Waals surface area contributed by atoms with Crippen LogP contribution in [-0.4, -0.2) is 43.4 Å². The summed E-state index contributed by atoms with van der Waals surface area (Å²) in [4.78, 5) is 40.7. The van der Waals surface area contributed by atoms with E-state index in [0.29, 0.717) is 5.56 Å². The van der Waals surface area contributed by atoms with Gasteiger partial charge in [-0.2, -0.15) is 0 Å². The van der Waals surface area contributed by atoms with Gasteiger partial charge in [0.05, 0.1) is 12.0 Å². The van der Waals surface area contributed by atoms with Crippen molar-refractivity contribution in [2.45, 2.75) is 25.4 Å². The first-order valence-corrected chi connectivity index (χ1v) is 7.80. The van der Waals surface area contributed by atoms with E-state index in [2.05, 4.69) is 4.98 Å². The lowest BCUT2D eigenvalue weighted by atomic mass is 10.0. The highest BCUT2D eigenvalue weighted by Gasteiger charge is 2.35. The fourth-order valence-electron chi connectivity index (χ4n) is 3.03. The molecule has 2 heterocycles. The van der Waals surface area contributed by atoms with Gasteiger partial charge >= 0.3 is 5.97 Å². The molecule has 1 aromatic heterocycles. The molecule has 1 atom stereocenters. The molecule has 0 aliphatic carbocycles. The molecule has 8 heteroatoms. The van der Waals surface area contributed by atoms with Crippen LogP contribution in [0.2, 0.25) is 0 Å². The fourth-order valence-corrected chi connectivity index (χ4v) is 3.03. The minimum atomic E-state index is -1.03. The van der Waals surface area contributed by atoms with Crippen LogP contribution in [0.5, 0.6) is 0 Å². The summed E-state index contributed by atoms with van der Waals surface area (Å²) in [5.74, 6) is -2.04. The number of primary amides is 1. The van der Waals surface area contributed by atoms with Crippen molar-refractivity contribution < 1.29 is 19.5 Å². The van der Waals surface area contributed by atoms with Gasteiger partial charge in [0.25, 0.3) is 5.91 Å². The molecule has 130 valence electrons. The normalized spacial score (nSPS) is 14.4. The predicted molar refractivity (Wildman–Crippen MR) is 88.4 cm³/mol. The van der Waals surface area contributed by atoms with Gasteiger partial charge in [-0.1, -0.05) is 6.07 Å². The number of aliphatic carboxylic acids is 1. The topological polar surface area (TPSA) is 119 Å². The maximum atomic E-state index is 12.6. The van der Waals surface area contributed by atoms with Gasteiger partial charge in [-0.25, -0.2) is 4.98 Å². The zero-order valence-electron chi connectivity index (χ0n) is 13.7. The number of carboxylic acids is 1. The smallest absolute Gasteiger partial charge is 0.303 e. The van der Waals surface area contributed by atoms with Gasteiger partial charge in [-0.05, 0) is 24.1 Å². The van der Waals surface area contributed by atoms with Crippen LogP contribution in [0, 0.1) is 0 Å². The summed E-state index contributed by atoms with van der Waals surface area (Å²) in [7, 11) is 1.87. The van der Waals surface area contributed by atoms with E-state index >= 15 is 0 Å². The second-order valence-electron chi connectivity index (χ2n) is 6.08. The number of hydrogen-bond acceptors (Lipinski definition) is 4. The van der Waals surface area contributed by atoms with Crippen molar-refractivity contribution in [3.8, 4) is 11.3 Å². The first-order valence-electron chi connectivity index (χ1n) is 7.80. The first-order chi connectivity index (χ1) is 11.9. The lowest BCUT2D eigenvalue weighted by molar-refractivity contribution is -0.137. The van der Waals surface area contributed by atoms with Gasteiger partial charge in [0, 0.05) is 37.3 Å². The van der Waals surface area contributed by atoms with E-state index in [0.717, 1.165) is 16.8 Å². The van der Waals surface area contributed by atoms with Crippen molar-refractivity contribution in [2.75, 3.05) is 0 Å². The van der Waals surface area contributed by atoms with Gasteiger partial charge in [0.1, 0.15) is 6.04 Å². The number of carboxylic acid groups (broad SMARTS) is 1. The predicted octanol–water partition coefficient (Wildman–Crippen LogP) is 0.762. The zero-order valence-corrected chi connectivity index (χ0v) is 13.7. The first kappa shape index (κ1) is 16.7. The van der Waals surface area contributed by atoms with Gasteiger partial charge in [0.2, 0.25) is 5.91 Å². The monoisotopic (exact) mass is 342 g/mol. The number of carbonyl (C=O) groups excluding carboxylic acids is 2. The molecule has 0 bridgehead atoms. The maximum Gasteiger partial charge on any atom is 0.303 e. The minimum absolute atomic E-state index is 0.00249. The minimum Gasteiger partial charge on any atom is -0.481 e. The van der Waals surface area contributed by atoms with Crippen molar-refractivity contribution >= 4 is 17.8 Å². The summed E-state index contributed by atoms with van der Waals surface area (Å²) in [6.45, 7) is 0.224. The van der Waals surface area contributed by atoms with Crippen LogP contribution in [-0.2, 0) is 23.2 Å². The molecule has 0 radical (unpaired) electrons. The molecule has 2 amide bonds. The van der Waals surface area contributed by atoms with Crippen molar-refractivity contribution in [3.05, 3.63) is 41.9 Å². The number of aryl methyl sites for hydroxylation is 1. The number of imidazole rings is 1. The van der Waals surface area contributed by atoms with Crippen molar-refractivity contribution in [2.24, 2.45) is 12.8 Å². The Morgan fingerprint density at radius 2 is 2.16 bits per heavy atom. The Kier molecular flexibility index (Phi) is 4.26. The van der Waals surface area contributed by atoms with E-state index in [4.69, 9.17) is 10.8 Å². The third-order valence-electron chi connectivity index (χ3n) is 4.27. The van der Waals surface area contributed by atoms with Crippen molar-refractivity contribution in [1.29, 1.82) is 0 Å². The van der Waals surface area contributed by atoms with Crippen LogP contribution in [0.3, 0.4) is 0 Å². The summed E-state index contributed by atoms with van der Waals surface area (Å²) in [6.07, 6.45) is 3.33.